The van der Waals surface area contributed by atoms with Crippen LogP contribution in [0, 0.1) is 17.3 Å². The number of nitrogens with one attached hydrogen (secondary N) is 2. The van der Waals surface area contributed by atoms with Gasteiger partial charge in [-0.25, -0.2) is 0 Å². The standard InChI is InChI=1S/C23H34N2O3/c1-16(2)17(3)19-15-24-22(27)18-10-6-7-11-20(18)28-13-9-8-12-23(4,5)14-21(26)25-19/h6-11,16-17,19H,12-15H2,1-5H3,(H,24,27)(H,25,26)/b9-8+. The molecule has 5 nitrogen and oxygen atoms in total. The Kier molecular flexibility index (Phi) is 7.67. The van der Waals surface area contributed by atoms with Crippen LogP contribution in [0.15, 0.2) is 36.4 Å². The summed E-state index contributed by atoms with van der Waals surface area (Å²) in [5.74, 6) is 1.02. The second kappa shape index (κ2) is 9.76. The van der Waals surface area contributed by atoms with Crippen molar-refractivity contribution in [1.29, 1.82) is 0 Å². The Labute approximate surface area is 168 Å². The molecule has 1 aromatic carbocycles. The maximum Gasteiger partial charge on any atom is 0.255 e. The molecular weight excluding hydrogens is 352 g/mol. The summed E-state index contributed by atoms with van der Waals surface area (Å²) < 4.78 is 5.81. The zero-order valence-corrected chi connectivity index (χ0v) is 17.7. The third-order valence-corrected chi connectivity index (χ3v) is 5.46. The molecule has 0 bridgehead atoms. The van der Waals surface area contributed by atoms with Crippen molar-refractivity contribution in [2.75, 3.05) is 13.2 Å². The summed E-state index contributed by atoms with van der Waals surface area (Å²) in [6.45, 7) is 11.3. The average Bonchev–Trinajstić information content (AvgIpc) is 2.63. The van der Waals surface area contributed by atoms with Crippen LogP contribution in [0.3, 0.4) is 0 Å². The molecule has 0 radical (unpaired) electrons. The summed E-state index contributed by atoms with van der Waals surface area (Å²) >= 11 is 0. The van der Waals surface area contributed by atoms with Crippen LogP contribution in [0.1, 0.15) is 57.8 Å². The Morgan fingerprint density at radius 1 is 1.11 bits per heavy atom. The van der Waals surface area contributed by atoms with Crippen LogP contribution < -0.4 is 15.4 Å². The van der Waals surface area contributed by atoms with E-state index in [4.69, 9.17) is 4.74 Å². The van der Waals surface area contributed by atoms with Gasteiger partial charge in [0.05, 0.1) is 5.56 Å². The second-order valence-corrected chi connectivity index (χ2v) is 8.81. The quantitative estimate of drug-likeness (QED) is 0.757. The summed E-state index contributed by atoms with van der Waals surface area (Å²) in [4.78, 5) is 25.4. The Bertz CT molecular complexity index is 710. The van der Waals surface area contributed by atoms with Crippen LogP contribution >= 0.6 is 0 Å². The van der Waals surface area contributed by atoms with E-state index in [9.17, 15) is 9.59 Å². The molecule has 2 unspecified atom stereocenters. The van der Waals surface area contributed by atoms with Crippen molar-refractivity contribution in [1.82, 2.24) is 10.6 Å². The first-order chi connectivity index (χ1) is 13.2. The van der Waals surface area contributed by atoms with Crippen LogP contribution in [0.5, 0.6) is 5.75 Å². The normalized spacial score (nSPS) is 23.3. The monoisotopic (exact) mass is 386 g/mol. The van der Waals surface area contributed by atoms with E-state index in [2.05, 4.69) is 45.3 Å². The predicted octanol–water partition coefficient (Wildman–Crippen LogP) is 3.95. The van der Waals surface area contributed by atoms with Gasteiger partial charge in [-0.1, -0.05) is 58.9 Å². The highest BCUT2D eigenvalue weighted by atomic mass is 16.5. The molecular formula is C23H34N2O3. The molecule has 2 rings (SSSR count). The van der Waals surface area contributed by atoms with Gasteiger partial charge in [-0.05, 0) is 35.8 Å². The highest BCUT2D eigenvalue weighted by Gasteiger charge is 2.27. The lowest BCUT2D eigenvalue weighted by molar-refractivity contribution is -0.124. The van der Waals surface area contributed by atoms with E-state index in [0.717, 1.165) is 6.42 Å². The molecule has 0 spiro atoms. The number of hydrogen-bond acceptors (Lipinski definition) is 3. The summed E-state index contributed by atoms with van der Waals surface area (Å²) in [6.07, 6.45) is 5.21. The van der Waals surface area contributed by atoms with Crippen molar-refractivity contribution in [3.8, 4) is 5.75 Å². The average molecular weight is 387 g/mol. The number of carbonyl (C=O) groups excluding carboxylic acids is 2. The van der Waals surface area contributed by atoms with Crippen LogP contribution in [-0.2, 0) is 4.79 Å². The van der Waals surface area contributed by atoms with E-state index in [1.807, 2.05) is 24.3 Å². The number of para-hydroxylation sites is 1. The number of allylic oxidation sites excluding steroid dienone is 1. The number of benzene rings is 1. The van der Waals surface area contributed by atoms with Crippen molar-refractivity contribution in [3.63, 3.8) is 0 Å². The molecule has 1 heterocycles. The van der Waals surface area contributed by atoms with E-state index >= 15 is 0 Å². The second-order valence-electron chi connectivity index (χ2n) is 8.81. The van der Waals surface area contributed by atoms with Gasteiger partial charge in [0.15, 0.2) is 0 Å². The maximum atomic E-state index is 12.7. The molecule has 2 N–H and O–H groups in total. The summed E-state index contributed by atoms with van der Waals surface area (Å²) in [5, 5.41) is 6.14. The van der Waals surface area contributed by atoms with Gasteiger partial charge in [0.2, 0.25) is 5.91 Å². The first-order valence-electron chi connectivity index (χ1n) is 10.1. The molecule has 0 saturated heterocycles. The van der Waals surface area contributed by atoms with Gasteiger partial charge in [-0.3, -0.25) is 9.59 Å². The Morgan fingerprint density at radius 3 is 2.54 bits per heavy atom. The SMILES string of the molecule is CC(C)C(C)C1CNC(=O)c2ccccc2OC/C=C/CC(C)(C)CC(=O)N1. The number of carbonyl (C=O) groups is 2. The molecule has 0 fully saturated rings. The first-order valence-corrected chi connectivity index (χ1v) is 10.1. The lowest BCUT2D eigenvalue weighted by Crippen LogP contribution is -2.49. The fourth-order valence-corrected chi connectivity index (χ4v) is 3.28. The third kappa shape index (κ3) is 6.39. The minimum Gasteiger partial charge on any atom is -0.489 e. The van der Waals surface area contributed by atoms with Crippen LogP contribution in [0.25, 0.3) is 0 Å². The minimum atomic E-state index is -0.190. The fraction of sp³-hybridized carbons (Fsp3) is 0.565. The fourth-order valence-electron chi connectivity index (χ4n) is 3.28. The Hall–Kier alpha value is -2.30. The molecule has 5 heteroatoms. The minimum absolute atomic E-state index is 0.0247. The van der Waals surface area contributed by atoms with Gasteiger partial charge in [-0.2, -0.15) is 0 Å². The van der Waals surface area contributed by atoms with Crippen LogP contribution in [0.4, 0.5) is 0 Å². The molecule has 2 atom stereocenters. The summed E-state index contributed by atoms with van der Waals surface area (Å²) in [7, 11) is 0. The molecule has 0 aliphatic carbocycles. The lowest BCUT2D eigenvalue weighted by atomic mass is 9.84. The van der Waals surface area contributed by atoms with Gasteiger partial charge >= 0.3 is 0 Å². The molecule has 2 amide bonds. The largest absolute Gasteiger partial charge is 0.489 e. The molecule has 1 aromatic rings. The molecule has 0 aromatic heterocycles. The topological polar surface area (TPSA) is 67.4 Å². The summed E-state index contributed by atoms with van der Waals surface area (Å²) in [6, 6.07) is 7.12. The lowest BCUT2D eigenvalue weighted by Gasteiger charge is -2.30. The third-order valence-electron chi connectivity index (χ3n) is 5.46. The first kappa shape index (κ1) is 22.0. The molecule has 0 saturated carbocycles. The van der Waals surface area contributed by atoms with Gasteiger partial charge in [0, 0.05) is 19.0 Å². The van der Waals surface area contributed by atoms with E-state index in [1.54, 1.807) is 12.1 Å². The zero-order valence-electron chi connectivity index (χ0n) is 17.7. The van der Waals surface area contributed by atoms with Gasteiger partial charge in [0.25, 0.3) is 5.91 Å². The van der Waals surface area contributed by atoms with Crippen molar-refractivity contribution >= 4 is 11.8 Å². The van der Waals surface area contributed by atoms with E-state index in [-0.39, 0.29) is 29.2 Å². The van der Waals surface area contributed by atoms with Gasteiger partial charge in [-0.15, -0.1) is 0 Å². The van der Waals surface area contributed by atoms with E-state index in [1.165, 1.54) is 0 Å². The summed E-state index contributed by atoms with van der Waals surface area (Å²) in [5.41, 5.74) is 0.362. The Morgan fingerprint density at radius 2 is 1.82 bits per heavy atom. The predicted molar refractivity (Wildman–Crippen MR) is 112 cm³/mol. The van der Waals surface area contributed by atoms with Crippen molar-refractivity contribution in [2.24, 2.45) is 17.3 Å². The van der Waals surface area contributed by atoms with Crippen molar-refractivity contribution in [3.05, 3.63) is 42.0 Å². The number of fused-ring (bicyclic) bond motifs is 1. The molecule has 28 heavy (non-hydrogen) atoms. The Balaban J connectivity index is 2.28. The van der Waals surface area contributed by atoms with Crippen molar-refractivity contribution in [2.45, 2.75) is 53.5 Å². The maximum absolute atomic E-state index is 12.7. The van der Waals surface area contributed by atoms with Crippen molar-refractivity contribution < 1.29 is 14.3 Å². The van der Waals surface area contributed by atoms with Gasteiger partial charge in [0.1, 0.15) is 12.4 Å². The number of rotatable bonds is 2. The van der Waals surface area contributed by atoms with E-state index < -0.39 is 0 Å². The number of hydrogen-bond donors (Lipinski definition) is 2. The number of ether oxygens (including phenoxy) is 1. The molecule has 1 aliphatic rings. The van der Waals surface area contributed by atoms with Crippen LogP contribution in [0.2, 0.25) is 0 Å². The van der Waals surface area contributed by atoms with E-state index in [0.29, 0.717) is 36.8 Å². The smallest absolute Gasteiger partial charge is 0.255 e. The highest BCUT2D eigenvalue weighted by Crippen LogP contribution is 2.26. The molecule has 1 aliphatic heterocycles. The van der Waals surface area contributed by atoms with Crippen LogP contribution in [-0.4, -0.2) is 31.0 Å². The molecule has 154 valence electrons. The highest BCUT2D eigenvalue weighted by molar-refractivity contribution is 5.97. The number of amides is 2. The zero-order chi connectivity index (χ0) is 20.7. The van der Waals surface area contributed by atoms with Gasteiger partial charge < -0.3 is 15.4 Å².